The number of nitrogens with zero attached hydrogens (tertiary/aromatic N) is 2. The fraction of sp³-hybridized carbons (Fsp3) is 0.500. The zero-order valence-corrected chi connectivity index (χ0v) is 12.7. The third-order valence-electron chi connectivity index (χ3n) is 5.54. The number of amides is 1. The van der Waals surface area contributed by atoms with Crippen molar-refractivity contribution in [2.45, 2.75) is 38.2 Å². The highest BCUT2D eigenvalue weighted by molar-refractivity contribution is 5.94. The second kappa shape index (κ2) is 5.13. The van der Waals surface area contributed by atoms with Gasteiger partial charge in [0.1, 0.15) is 5.69 Å². The number of piperidine rings is 1. The summed E-state index contributed by atoms with van der Waals surface area (Å²) in [6.07, 6.45) is 6.75. The maximum Gasteiger partial charge on any atom is 0.270 e. The Bertz CT molecular complexity index is 708. The lowest BCUT2D eigenvalue weighted by atomic mass is 9.76. The highest BCUT2D eigenvalue weighted by Gasteiger charge is 2.45. The van der Waals surface area contributed by atoms with Crippen LogP contribution in [0.15, 0.2) is 36.5 Å². The van der Waals surface area contributed by atoms with E-state index < -0.39 is 0 Å². The third kappa shape index (κ3) is 2.05. The van der Waals surface area contributed by atoms with Gasteiger partial charge >= 0.3 is 0 Å². The van der Waals surface area contributed by atoms with Gasteiger partial charge in [-0.05, 0) is 49.9 Å². The molecule has 1 saturated carbocycles. The Morgan fingerprint density at radius 2 is 2.05 bits per heavy atom. The lowest BCUT2D eigenvalue weighted by Gasteiger charge is -2.42. The molecule has 3 heterocycles. The summed E-state index contributed by atoms with van der Waals surface area (Å²) in [6, 6.07) is 9.83. The minimum Gasteiger partial charge on any atom is -0.392 e. The van der Waals surface area contributed by atoms with Crippen molar-refractivity contribution in [1.82, 2.24) is 9.30 Å². The molecule has 1 spiro atoms. The minimum absolute atomic E-state index is 0.0546. The normalized spacial score (nSPS) is 28.6. The van der Waals surface area contributed by atoms with Gasteiger partial charge in [0.2, 0.25) is 0 Å². The summed E-state index contributed by atoms with van der Waals surface area (Å²) in [5, 5.41) is 10.4. The van der Waals surface area contributed by atoms with E-state index in [2.05, 4.69) is 0 Å². The molecule has 4 rings (SSSR count). The highest BCUT2D eigenvalue weighted by atomic mass is 16.3. The Morgan fingerprint density at radius 3 is 2.86 bits per heavy atom. The lowest BCUT2D eigenvalue weighted by Crippen LogP contribution is -2.49. The van der Waals surface area contributed by atoms with Crippen molar-refractivity contribution in [1.29, 1.82) is 0 Å². The van der Waals surface area contributed by atoms with Crippen LogP contribution in [-0.4, -0.2) is 39.5 Å². The summed E-state index contributed by atoms with van der Waals surface area (Å²) in [7, 11) is 0. The van der Waals surface area contributed by atoms with Gasteiger partial charge in [-0.25, -0.2) is 0 Å². The first-order valence-corrected chi connectivity index (χ1v) is 8.23. The van der Waals surface area contributed by atoms with E-state index in [4.69, 9.17) is 0 Å². The van der Waals surface area contributed by atoms with Crippen LogP contribution in [0.5, 0.6) is 0 Å². The number of carbonyl (C=O) groups excluding carboxylic acids is 1. The van der Waals surface area contributed by atoms with Crippen molar-refractivity contribution < 1.29 is 9.90 Å². The predicted molar refractivity (Wildman–Crippen MR) is 84.8 cm³/mol. The molecule has 2 atom stereocenters. The first-order chi connectivity index (χ1) is 10.7. The van der Waals surface area contributed by atoms with E-state index in [-0.39, 0.29) is 17.4 Å². The Morgan fingerprint density at radius 1 is 1.18 bits per heavy atom. The molecule has 0 bridgehead atoms. The second-order valence-electron chi connectivity index (χ2n) is 6.81. The summed E-state index contributed by atoms with van der Waals surface area (Å²) in [5.41, 5.74) is 1.71. The van der Waals surface area contributed by atoms with Crippen LogP contribution < -0.4 is 0 Å². The van der Waals surface area contributed by atoms with Crippen molar-refractivity contribution >= 4 is 11.4 Å². The van der Waals surface area contributed by atoms with Crippen LogP contribution in [0.2, 0.25) is 0 Å². The summed E-state index contributed by atoms with van der Waals surface area (Å²) in [4.78, 5) is 14.9. The fourth-order valence-electron chi connectivity index (χ4n) is 4.32. The Labute approximate surface area is 130 Å². The van der Waals surface area contributed by atoms with Gasteiger partial charge in [-0.3, -0.25) is 4.79 Å². The molecule has 2 aromatic heterocycles. The molecule has 1 saturated heterocycles. The van der Waals surface area contributed by atoms with Crippen molar-refractivity contribution in [3.05, 3.63) is 42.2 Å². The molecule has 0 radical (unpaired) electrons. The molecule has 116 valence electrons. The molecule has 2 aromatic rings. The van der Waals surface area contributed by atoms with Crippen LogP contribution >= 0.6 is 0 Å². The van der Waals surface area contributed by atoms with Gasteiger partial charge in [0.05, 0.1) is 6.10 Å². The van der Waals surface area contributed by atoms with Crippen LogP contribution in [0.25, 0.3) is 5.52 Å². The van der Waals surface area contributed by atoms with E-state index in [1.165, 1.54) is 0 Å². The van der Waals surface area contributed by atoms with Crippen molar-refractivity contribution in [2.24, 2.45) is 5.41 Å². The van der Waals surface area contributed by atoms with Crippen LogP contribution in [0.3, 0.4) is 0 Å². The van der Waals surface area contributed by atoms with E-state index >= 15 is 0 Å². The first kappa shape index (κ1) is 13.8. The van der Waals surface area contributed by atoms with Gasteiger partial charge in [-0.1, -0.05) is 12.5 Å². The number of pyridine rings is 1. The summed E-state index contributed by atoms with van der Waals surface area (Å²) >= 11 is 0. The van der Waals surface area contributed by atoms with Crippen LogP contribution in [0.4, 0.5) is 0 Å². The number of aliphatic hydroxyl groups excluding tert-OH is 1. The van der Waals surface area contributed by atoms with E-state index in [9.17, 15) is 9.90 Å². The molecule has 1 aliphatic heterocycles. The average Bonchev–Trinajstić information content (AvgIpc) is 3.12. The molecule has 0 aromatic carbocycles. The lowest BCUT2D eigenvalue weighted by molar-refractivity contribution is -0.00558. The Hall–Kier alpha value is -1.81. The van der Waals surface area contributed by atoms with E-state index in [0.29, 0.717) is 6.54 Å². The monoisotopic (exact) mass is 298 g/mol. The van der Waals surface area contributed by atoms with Gasteiger partial charge in [-0.15, -0.1) is 0 Å². The molecule has 1 aliphatic carbocycles. The molecule has 2 aliphatic rings. The van der Waals surface area contributed by atoms with Gasteiger partial charge in [-0.2, -0.15) is 0 Å². The van der Waals surface area contributed by atoms with Gasteiger partial charge < -0.3 is 14.4 Å². The number of aliphatic hydroxyl groups is 1. The Kier molecular flexibility index (Phi) is 3.22. The number of carbonyl (C=O) groups is 1. The van der Waals surface area contributed by atoms with Crippen molar-refractivity contribution in [3.8, 4) is 0 Å². The maximum atomic E-state index is 12.9. The number of hydrogen-bond donors (Lipinski definition) is 1. The largest absolute Gasteiger partial charge is 0.392 e. The molecule has 0 unspecified atom stereocenters. The zero-order chi connectivity index (χ0) is 15.2. The quantitative estimate of drug-likeness (QED) is 0.880. The van der Waals surface area contributed by atoms with E-state index in [1.54, 1.807) is 0 Å². The number of rotatable bonds is 1. The molecule has 2 fully saturated rings. The maximum absolute atomic E-state index is 12.9. The molecular formula is C18H22N2O2. The molecule has 1 N–H and O–H groups in total. The smallest absolute Gasteiger partial charge is 0.270 e. The van der Waals surface area contributed by atoms with Gasteiger partial charge in [0, 0.05) is 30.2 Å². The number of aromatic nitrogens is 1. The molecule has 22 heavy (non-hydrogen) atoms. The molecular weight excluding hydrogens is 276 g/mol. The SMILES string of the molecule is O=C(c1ccc2ccccn12)N1CCC[C@@]2(CCC[C@H]2O)C1. The van der Waals surface area contributed by atoms with Crippen molar-refractivity contribution in [3.63, 3.8) is 0 Å². The van der Waals surface area contributed by atoms with Gasteiger partial charge in [0.25, 0.3) is 5.91 Å². The third-order valence-corrected chi connectivity index (χ3v) is 5.54. The minimum atomic E-state index is -0.243. The second-order valence-corrected chi connectivity index (χ2v) is 6.81. The average molecular weight is 298 g/mol. The highest BCUT2D eigenvalue weighted by Crippen LogP contribution is 2.45. The zero-order valence-electron chi connectivity index (χ0n) is 12.7. The summed E-state index contributed by atoms with van der Waals surface area (Å²) in [5.74, 6) is 0.0874. The van der Waals surface area contributed by atoms with Crippen LogP contribution in [-0.2, 0) is 0 Å². The number of hydrogen-bond acceptors (Lipinski definition) is 2. The molecule has 4 nitrogen and oxygen atoms in total. The molecule has 1 amide bonds. The topological polar surface area (TPSA) is 45.0 Å². The summed E-state index contributed by atoms with van der Waals surface area (Å²) in [6.45, 7) is 1.50. The Balaban J connectivity index is 1.62. The van der Waals surface area contributed by atoms with Crippen molar-refractivity contribution in [2.75, 3.05) is 13.1 Å². The number of fused-ring (bicyclic) bond motifs is 1. The van der Waals surface area contributed by atoms with Crippen LogP contribution in [0.1, 0.15) is 42.6 Å². The predicted octanol–water partition coefficient (Wildman–Crippen LogP) is 2.71. The first-order valence-electron chi connectivity index (χ1n) is 8.23. The number of likely N-dealkylation sites (tertiary alicyclic amines) is 1. The van der Waals surface area contributed by atoms with E-state index in [1.807, 2.05) is 45.8 Å². The standard InChI is InChI=1S/C18H22N2O2/c21-16-6-3-9-18(16)10-4-11-19(13-18)17(22)15-8-7-14-5-1-2-12-20(14)15/h1-2,5,7-8,12,16,21H,3-4,6,9-11,13H2/t16-,18+/m1/s1. The van der Waals surface area contributed by atoms with E-state index in [0.717, 1.165) is 49.9 Å². The molecule has 4 heteroatoms. The summed E-state index contributed by atoms with van der Waals surface area (Å²) < 4.78 is 1.95. The fourth-order valence-corrected chi connectivity index (χ4v) is 4.32. The van der Waals surface area contributed by atoms with Crippen LogP contribution in [0, 0.1) is 5.41 Å². The van der Waals surface area contributed by atoms with Gasteiger partial charge in [0.15, 0.2) is 0 Å².